The zero-order chi connectivity index (χ0) is 14.1. The van der Waals surface area contributed by atoms with E-state index in [9.17, 15) is 19.8 Å². The molecule has 0 unspecified atom stereocenters. The first-order valence-electron chi connectivity index (χ1n) is 4.88. The van der Waals surface area contributed by atoms with Crippen molar-refractivity contribution in [3.8, 4) is 0 Å². The lowest BCUT2D eigenvalue weighted by Crippen LogP contribution is -2.53. The van der Waals surface area contributed by atoms with Gasteiger partial charge in [-0.3, -0.25) is 4.79 Å². The van der Waals surface area contributed by atoms with Gasteiger partial charge >= 0.3 is 0 Å². The van der Waals surface area contributed by atoms with Crippen molar-refractivity contribution in [1.29, 1.82) is 0 Å². The smallest absolute Gasteiger partial charge is 0.226 e. The molecule has 0 radical (unpaired) electrons. The fourth-order valence-corrected chi connectivity index (χ4v) is 1.08. The number of aliphatic hydroxyl groups is 4. The number of rotatable bonds is 8. The molecule has 0 aromatic rings. The van der Waals surface area contributed by atoms with Gasteiger partial charge in [0.2, 0.25) is 5.91 Å². The Labute approximate surface area is 101 Å². The lowest BCUT2D eigenvalue weighted by atomic mass is 10.0. The van der Waals surface area contributed by atoms with Crippen LogP contribution in [0.4, 0.5) is 0 Å². The Morgan fingerprint density at radius 1 is 1.39 bits per heavy atom. The lowest BCUT2D eigenvalue weighted by molar-refractivity contribution is -0.130. The topological polar surface area (TPSA) is 176 Å². The van der Waals surface area contributed by atoms with Crippen molar-refractivity contribution in [3.63, 3.8) is 0 Å². The number of carbonyl (C=O) groups is 2. The molecule has 0 fully saturated rings. The first-order valence-corrected chi connectivity index (χ1v) is 4.88. The molecule has 0 rings (SSSR count). The third-order valence-corrected chi connectivity index (χ3v) is 2.05. The van der Waals surface area contributed by atoms with E-state index >= 15 is 0 Å². The van der Waals surface area contributed by atoms with Crippen LogP contribution in [0, 0.1) is 0 Å². The van der Waals surface area contributed by atoms with Crippen molar-refractivity contribution >= 4 is 12.2 Å². The van der Waals surface area contributed by atoms with Crippen LogP contribution in [0.5, 0.6) is 0 Å². The summed E-state index contributed by atoms with van der Waals surface area (Å²) in [6, 6.07) is -1.50. The molecule has 5 N–H and O–H groups in total. The molecule has 0 heterocycles. The summed E-state index contributed by atoms with van der Waals surface area (Å²) >= 11 is 0. The van der Waals surface area contributed by atoms with Gasteiger partial charge < -0.3 is 30.5 Å². The van der Waals surface area contributed by atoms with Gasteiger partial charge in [0.25, 0.3) is 0 Å². The molecule has 0 aromatic carbocycles. The normalized spacial score (nSPS) is 16.9. The molecule has 0 aromatic heterocycles. The minimum Gasteiger partial charge on any atom is -0.394 e. The van der Waals surface area contributed by atoms with Crippen LogP contribution >= 0.6 is 0 Å². The predicted molar refractivity (Wildman–Crippen MR) is 57.1 cm³/mol. The summed E-state index contributed by atoms with van der Waals surface area (Å²) in [5, 5.41) is 41.3. The Balaban J connectivity index is 4.52. The van der Waals surface area contributed by atoms with Crippen LogP contribution in [0.2, 0.25) is 0 Å². The molecule has 4 atom stereocenters. The Morgan fingerprint density at radius 2 is 2.00 bits per heavy atom. The van der Waals surface area contributed by atoms with Crippen molar-refractivity contribution in [3.05, 3.63) is 10.4 Å². The van der Waals surface area contributed by atoms with Crippen molar-refractivity contribution < 1.29 is 30.0 Å². The molecule has 0 aliphatic rings. The molecule has 0 bridgehead atoms. The van der Waals surface area contributed by atoms with Crippen LogP contribution < -0.4 is 5.32 Å². The van der Waals surface area contributed by atoms with Gasteiger partial charge in [-0.2, -0.15) is 0 Å². The summed E-state index contributed by atoms with van der Waals surface area (Å²) in [6.45, 7) is -1.40. The van der Waals surface area contributed by atoms with E-state index in [0.717, 1.165) is 0 Å². The minimum atomic E-state index is -1.81. The van der Waals surface area contributed by atoms with Crippen LogP contribution in [0.25, 0.3) is 10.4 Å². The van der Waals surface area contributed by atoms with Crippen LogP contribution in [-0.4, -0.2) is 70.1 Å². The van der Waals surface area contributed by atoms with E-state index in [1.165, 1.54) is 0 Å². The molecule has 18 heavy (non-hydrogen) atoms. The highest BCUT2D eigenvalue weighted by molar-refractivity contribution is 5.81. The summed E-state index contributed by atoms with van der Waals surface area (Å²) in [4.78, 5) is 24.1. The summed E-state index contributed by atoms with van der Waals surface area (Å²) in [6.07, 6.45) is -5.13. The second-order valence-electron chi connectivity index (χ2n) is 3.35. The zero-order valence-electron chi connectivity index (χ0n) is 9.25. The maximum absolute atomic E-state index is 11.1. The molecule has 0 saturated heterocycles. The summed E-state index contributed by atoms with van der Waals surface area (Å²) in [5.41, 5.74) is 7.97. The third-order valence-electron chi connectivity index (χ3n) is 2.05. The fourth-order valence-electron chi connectivity index (χ4n) is 1.08. The third kappa shape index (κ3) is 5.08. The number of hydrogen-bond acceptors (Lipinski definition) is 7. The lowest BCUT2D eigenvalue weighted by Gasteiger charge is -2.26. The van der Waals surface area contributed by atoms with E-state index in [4.69, 9.17) is 15.7 Å². The number of hydrogen-bond donors (Lipinski definition) is 5. The first-order chi connectivity index (χ1) is 8.47. The van der Waals surface area contributed by atoms with Crippen molar-refractivity contribution in [2.24, 2.45) is 5.11 Å². The second kappa shape index (κ2) is 8.39. The van der Waals surface area contributed by atoms with Gasteiger partial charge in [0.15, 0.2) is 0 Å². The highest BCUT2D eigenvalue weighted by Gasteiger charge is 2.31. The van der Waals surface area contributed by atoms with Crippen LogP contribution in [0.15, 0.2) is 5.11 Å². The Kier molecular flexibility index (Phi) is 7.59. The van der Waals surface area contributed by atoms with Crippen molar-refractivity contribution in [2.45, 2.75) is 24.4 Å². The highest BCUT2D eigenvalue weighted by Crippen LogP contribution is 2.03. The van der Waals surface area contributed by atoms with Gasteiger partial charge in [-0.25, -0.2) is 0 Å². The molecule has 10 nitrogen and oxygen atoms in total. The second-order valence-corrected chi connectivity index (χ2v) is 3.35. The van der Waals surface area contributed by atoms with Crippen molar-refractivity contribution in [2.75, 3.05) is 13.2 Å². The van der Waals surface area contributed by atoms with E-state index in [1.54, 1.807) is 0 Å². The monoisotopic (exact) mass is 262 g/mol. The average molecular weight is 262 g/mol. The molecule has 0 spiro atoms. The van der Waals surface area contributed by atoms with Gasteiger partial charge in [-0.05, 0) is 5.53 Å². The minimum absolute atomic E-state index is 0.145. The molecule has 10 heteroatoms. The van der Waals surface area contributed by atoms with Crippen molar-refractivity contribution in [1.82, 2.24) is 5.32 Å². The summed E-state index contributed by atoms with van der Waals surface area (Å²) < 4.78 is 0. The molecule has 0 aliphatic heterocycles. The van der Waals surface area contributed by atoms with E-state index in [0.29, 0.717) is 0 Å². The van der Waals surface area contributed by atoms with Gasteiger partial charge in [0.1, 0.15) is 37.2 Å². The fraction of sp³-hybridized carbons (Fsp3) is 0.750. The highest BCUT2D eigenvalue weighted by atomic mass is 16.4. The molecule has 0 aliphatic carbocycles. The standard InChI is InChI=1S/C8H14N4O6/c9-12-10-1-6(16)11-4(2-13)7(17)8(18)5(15)3-14/h2,4-5,7-8,14-15,17-18H,1,3H2,(H,11,16)/t4-,5-,7-,8-/m1/s1. The molecule has 102 valence electrons. The van der Waals surface area contributed by atoms with E-state index < -0.39 is 43.4 Å². The largest absolute Gasteiger partial charge is 0.394 e. The number of amides is 1. The Bertz CT molecular complexity index is 332. The summed E-state index contributed by atoms with van der Waals surface area (Å²) in [5.74, 6) is -0.838. The van der Waals surface area contributed by atoms with Crippen LogP contribution in [0.1, 0.15) is 0 Å². The maximum atomic E-state index is 11.1. The molecular weight excluding hydrogens is 248 g/mol. The Hall–Kier alpha value is -1.71. The van der Waals surface area contributed by atoms with E-state index in [2.05, 4.69) is 10.0 Å². The van der Waals surface area contributed by atoms with Gasteiger partial charge in [0.05, 0.1) is 6.61 Å². The Morgan fingerprint density at radius 3 is 2.44 bits per heavy atom. The first kappa shape index (κ1) is 16.3. The number of aldehydes is 1. The zero-order valence-corrected chi connectivity index (χ0v) is 9.25. The molecule has 0 saturated carbocycles. The number of aliphatic hydroxyl groups excluding tert-OH is 4. The molecule has 1 amide bonds. The number of nitrogens with zero attached hydrogens (tertiary/aromatic N) is 3. The number of nitrogens with one attached hydrogen (secondary N) is 1. The quantitative estimate of drug-likeness (QED) is 0.135. The average Bonchev–Trinajstić information content (AvgIpc) is 2.39. The van der Waals surface area contributed by atoms with Gasteiger partial charge in [0, 0.05) is 4.91 Å². The van der Waals surface area contributed by atoms with E-state index in [-0.39, 0.29) is 6.29 Å². The van der Waals surface area contributed by atoms with Crippen LogP contribution in [0.3, 0.4) is 0 Å². The summed E-state index contributed by atoms with van der Waals surface area (Å²) in [7, 11) is 0. The maximum Gasteiger partial charge on any atom is 0.226 e. The predicted octanol–water partition coefficient (Wildman–Crippen LogP) is -2.94. The molecular formula is C8H14N4O6. The van der Waals surface area contributed by atoms with Gasteiger partial charge in [-0.1, -0.05) is 5.11 Å². The van der Waals surface area contributed by atoms with Crippen LogP contribution in [-0.2, 0) is 9.59 Å². The number of azide groups is 1. The van der Waals surface area contributed by atoms with E-state index in [1.807, 2.05) is 5.32 Å². The number of carbonyl (C=O) groups excluding carboxylic acids is 2. The SMILES string of the molecule is [N-]=[N+]=NCC(=O)N[C@H](C=O)[C@@H](O)[C@H](O)[C@H](O)CO. The van der Waals surface area contributed by atoms with Gasteiger partial charge in [-0.15, -0.1) is 0 Å².